The molecule has 0 aliphatic carbocycles. The van der Waals surface area contributed by atoms with Crippen molar-refractivity contribution in [3.05, 3.63) is 47.5 Å². The van der Waals surface area contributed by atoms with E-state index in [9.17, 15) is 5.11 Å². The van der Waals surface area contributed by atoms with Crippen LogP contribution < -0.4 is 0 Å². The first-order valence-electron chi connectivity index (χ1n) is 8.12. The van der Waals surface area contributed by atoms with Crippen molar-refractivity contribution in [1.82, 2.24) is 9.88 Å². The molecule has 2 heterocycles. The summed E-state index contributed by atoms with van der Waals surface area (Å²) in [5.74, 6) is 0.0799. The summed E-state index contributed by atoms with van der Waals surface area (Å²) in [6, 6.07) is 12.5. The molecule has 5 nitrogen and oxygen atoms in total. The minimum atomic E-state index is 0.0799. The number of benzene rings is 2. The van der Waals surface area contributed by atoms with E-state index in [-0.39, 0.29) is 5.88 Å². The Balaban J connectivity index is 2.07. The van der Waals surface area contributed by atoms with E-state index in [2.05, 4.69) is 57.5 Å². The summed E-state index contributed by atoms with van der Waals surface area (Å²) in [7, 11) is 3.74. The van der Waals surface area contributed by atoms with Crippen LogP contribution in [0.2, 0.25) is 0 Å². The summed E-state index contributed by atoms with van der Waals surface area (Å²) < 4.78 is 0. The van der Waals surface area contributed by atoms with E-state index in [0.29, 0.717) is 5.69 Å². The lowest BCUT2D eigenvalue weighted by Crippen LogP contribution is -2.27. The number of likely N-dealkylation sites (N-methyl/N-ethyl adjacent to an activating group) is 1. The van der Waals surface area contributed by atoms with Crippen molar-refractivity contribution >= 4 is 16.6 Å². The summed E-state index contributed by atoms with van der Waals surface area (Å²) in [6.45, 7) is 1.89. The van der Waals surface area contributed by atoms with Crippen molar-refractivity contribution in [1.29, 1.82) is 0 Å². The SMILES string of the molecule is CN=Nc1c(O)[nH]c2c3c(c(-c4ccccc4)cc12)CCN(C)C3. The maximum absolute atomic E-state index is 10.3. The third-order valence-electron chi connectivity index (χ3n) is 4.73. The van der Waals surface area contributed by atoms with Crippen LogP contribution in [0.5, 0.6) is 5.88 Å². The van der Waals surface area contributed by atoms with Gasteiger partial charge in [-0.2, -0.15) is 5.11 Å². The minimum absolute atomic E-state index is 0.0799. The maximum Gasteiger partial charge on any atom is 0.218 e. The van der Waals surface area contributed by atoms with Crippen molar-refractivity contribution in [2.75, 3.05) is 20.6 Å². The molecule has 2 N–H and O–H groups in total. The van der Waals surface area contributed by atoms with Crippen LogP contribution in [-0.4, -0.2) is 35.6 Å². The van der Waals surface area contributed by atoms with E-state index in [4.69, 9.17) is 0 Å². The van der Waals surface area contributed by atoms with E-state index in [1.807, 2.05) is 6.07 Å². The van der Waals surface area contributed by atoms with Gasteiger partial charge in [0, 0.05) is 25.5 Å². The second-order valence-corrected chi connectivity index (χ2v) is 6.28. The number of hydrogen-bond donors (Lipinski definition) is 2. The van der Waals surface area contributed by atoms with Gasteiger partial charge < -0.3 is 15.0 Å². The molecule has 1 aliphatic heterocycles. The molecule has 24 heavy (non-hydrogen) atoms. The third kappa shape index (κ3) is 2.29. The lowest BCUT2D eigenvalue weighted by molar-refractivity contribution is 0.314. The molecule has 0 saturated carbocycles. The Hall–Kier alpha value is -2.66. The number of fused-ring (bicyclic) bond motifs is 3. The highest BCUT2D eigenvalue weighted by Crippen LogP contribution is 2.43. The van der Waals surface area contributed by atoms with Gasteiger partial charge >= 0.3 is 0 Å². The Bertz CT molecular complexity index is 928. The number of nitrogens with zero attached hydrogens (tertiary/aromatic N) is 3. The Morgan fingerprint density at radius 3 is 2.71 bits per heavy atom. The second kappa shape index (κ2) is 5.76. The fraction of sp³-hybridized carbons (Fsp3) is 0.263. The molecular weight excluding hydrogens is 300 g/mol. The summed E-state index contributed by atoms with van der Waals surface area (Å²) in [4.78, 5) is 5.42. The minimum Gasteiger partial charge on any atom is -0.493 e. The van der Waals surface area contributed by atoms with Crippen LogP contribution in [0.3, 0.4) is 0 Å². The van der Waals surface area contributed by atoms with Gasteiger partial charge in [0.05, 0.1) is 5.52 Å². The Morgan fingerprint density at radius 2 is 1.96 bits per heavy atom. The molecule has 0 amide bonds. The van der Waals surface area contributed by atoms with Gasteiger partial charge in [-0.15, -0.1) is 5.11 Å². The molecule has 122 valence electrons. The van der Waals surface area contributed by atoms with Crippen LogP contribution in [0.25, 0.3) is 22.0 Å². The van der Waals surface area contributed by atoms with Crippen LogP contribution in [0.1, 0.15) is 11.1 Å². The fourth-order valence-electron chi connectivity index (χ4n) is 3.60. The van der Waals surface area contributed by atoms with E-state index < -0.39 is 0 Å². The first-order chi connectivity index (χ1) is 11.7. The molecule has 0 radical (unpaired) electrons. The average molecular weight is 320 g/mol. The molecule has 3 aromatic rings. The highest BCUT2D eigenvalue weighted by atomic mass is 16.3. The monoisotopic (exact) mass is 320 g/mol. The highest BCUT2D eigenvalue weighted by molar-refractivity contribution is 6.00. The molecule has 0 spiro atoms. The van der Waals surface area contributed by atoms with Crippen LogP contribution in [0, 0.1) is 0 Å². The third-order valence-corrected chi connectivity index (χ3v) is 4.73. The van der Waals surface area contributed by atoms with Gasteiger partial charge in [0.1, 0.15) is 0 Å². The van der Waals surface area contributed by atoms with Crippen molar-refractivity contribution in [2.45, 2.75) is 13.0 Å². The molecule has 2 aromatic carbocycles. The number of rotatable bonds is 2. The van der Waals surface area contributed by atoms with E-state index in [1.54, 1.807) is 7.05 Å². The smallest absolute Gasteiger partial charge is 0.218 e. The fourth-order valence-corrected chi connectivity index (χ4v) is 3.60. The van der Waals surface area contributed by atoms with Gasteiger partial charge in [0.15, 0.2) is 5.69 Å². The Morgan fingerprint density at radius 1 is 1.17 bits per heavy atom. The number of nitrogens with one attached hydrogen (secondary N) is 1. The Labute approximate surface area is 140 Å². The van der Waals surface area contributed by atoms with Crippen molar-refractivity contribution < 1.29 is 5.11 Å². The number of H-pyrrole nitrogens is 1. The van der Waals surface area contributed by atoms with Gasteiger partial charge in [-0.3, -0.25) is 0 Å². The number of azo groups is 1. The molecule has 0 unspecified atom stereocenters. The molecule has 0 atom stereocenters. The van der Waals surface area contributed by atoms with Gasteiger partial charge in [-0.05, 0) is 41.8 Å². The topological polar surface area (TPSA) is 64.0 Å². The van der Waals surface area contributed by atoms with Crippen LogP contribution >= 0.6 is 0 Å². The predicted octanol–water partition coefficient (Wildman–Crippen LogP) is 4.24. The molecule has 1 aromatic heterocycles. The normalized spacial score (nSPS) is 15.2. The van der Waals surface area contributed by atoms with Crippen LogP contribution in [-0.2, 0) is 13.0 Å². The number of aromatic hydroxyl groups is 1. The second-order valence-electron chi connectivity index (χ2n) is 6.28. The zero-order valence-electron chi connectivity index (χ0n) is 13.9. The number of hydrogen-bond acceptors (Lipinski definition) is 4. The van der Waals surface area contributed by atoms with Crippen LogP contribution in [0.4, 0.5) is 5.69 Å². The highest BCUT2D eigenvalue weighted by Gasteiger charge is 2.24. The lowest BCUT2D eigenvalue weighted by atomic mass is 9.89. The molecule has 0 bridgehead atoms. The number of aromatic nitrogens is 1. The maximum atomic E-state index is 10.3. The van der Waals surface area contributed by atoms with E-state index in [1.165, 1.54) is 22.3 Å². The quantitative estimate of drug-likeness (QED) is 0.694. The van der Waals surface area contributed by atoms with Gasteiger partial charge in [-0.1, -0.05) is 30.3 Å². The zero-order valence-corrected chi connectivity index (χ0v) is 13.9. The van der Waals surface area contributed by atoms with Gasteiger partial charge in [-0.25, -0.2) is 0 Å². The molecule has 5 heteroatoms. The van der Waals surface area contributed by atoms with Gasteiger partial charge in [0.2, 0.25) is 5.88 Å². The summed E-state index contributed by atoms with van der Waals surface area (Å²) in [5, 5.41) is 19.2. The van der Waals surface area contributed by atoms with Crippen molar-refractivity contribution in [3.63, 3.8) is 0 Å². The van der Waals surface area contributed by atoms with Crippen molar-refractivity contribution in [3.8, 4) is 17.0 Å². The lowest BCUT2D eigenvalue weighted by Gasteiger charge is -2.27. The molecular formula is C19H20N4O. The molecule has 4 rings (SSSR count). The van der Waals surface area contributed by atoms with Gasteiger partial charge in [0.25, 0.3) is 0 Å². The average Bonchev–Trinajstić information content (AvgIpc) is 2.91. The summed E-state index contributed by atoms with van der Waals surface area (Å²) in [5.41, 5.74) is 6.50. The van der Waals surface area contributed by atoms with E-state index in [0.717, 1.165) is 30.4 Å². The molecule has 0 fully saturated rings. The van der Waals surface area contributed by atoms with Crippen molar-refractivity contribution in [2.24, 2.45) is 10.2 Å². The first-order valence-corrected chi connectivity index (χ1v) is 8.12. The number of aromatic amines is 1. The largest absolute Gasteiger partial charge is 0.493 e. The Kier molecular flexibility index (Phi) is 3.58. The standard InChI is InChI=1S/C19H20N4O/c1-20-22-18-15-10-14(12-6-4-3-5-7-12)13-8-9-23(2)11-16(13)17(15)21-19(18)24/h3-7,10,21,24H,8-9,11H2,1-2H3. The zero-order chi connectivity index (χ0) is 16.7. The summed E-state index contributed by atoms with van der Waals surface area (Å²) in [6.07, 6.45) is 0.996. The van der Waals surface area contributed by atoms with E-state index >= 15 is 0 Å². The first kappa shape index (κ1) is 14.9. The van der Waals surface area contributed by atoms with Crippen LogP contribution in [0.15, 0.2) is 46.6 Å². The molecule has 1 aliphatic rings. The summed E-state index contributed by atoms with van der Waals surface area (Å²) >= 11 is 0. The predicted molar refractivity (Wildman–Crippen MR) is 95.9 cm³/mol. The molecule has 0 saturated heterocycles.